The monoisotopic (exact) mass is 191 g/mol. The van der Waals surface area contributed by atoms with E-state index in [0.29, 0.717) is 11.3 Å². The lowest BCUT2D eigenvalue weighted by Crippen LogP contribution is -2.09. The summed E-state index contributed by atoms with van der Waals surface area (Å²) in [5.74, 6) is 0.585. The molecule has 14 heavy (non-hydrogen) atoms. The van der Waals surface area contributed by atoms with Gasteiger partial charge < -0.3 is 9.84 Å². The average molecular weight is 191 g/mol. The maximum atomic E-state index is 9.03. The van der Waals surface area contributed by atoms with E-state index in [0.717, 1.165) is 5.56 Å². The van der Waals surface area contributed by atoms with Crippen LogP contribution in [0.4, 0.5) is 0 Å². The van der Waals surface area contributed by atoms with Crippen molar-refractivity contribution >= 4 is 0 Å². The van der Waals surface area contributed by atoms with Crippen LogP contribution in [0, 0.1) is 18.3 Å². The average Bonchev–Trinajstić information content (AvgIpc) is 2.18. The largest absolute Gasteiger partial charge is 0.475 e. The SMILES string of the molecule is Cc1ccc(CO)c(OC(C)C#N)c1. The second-order valence-corrected chi connectivity index (χ2v) is 3.16. The van der Waals surface area contributed by atoms with E-state index >= 15 is 0 Å². The molecule has 0 radical (unpaired) electrons. The molecule has 1 aromatic carbocycles. The number of benzene rings is 1. The molecule has 0 fully saturated rings. The van der Waals surface area contributed by atoms with E-state index in [9.17, 15) is 0 Å². The van der Waals surface area contributed by atoms with Gasteiger partial charge in [-0.3, -0.25) is 0 Å². The number of nitriles is 1. The molecule has 0 saturated carbocycles. The first-order valence-corrected chi connectivity index (χ1v) is 4.44. The molecule has 0 heterocycles. The molecular formula is C11H13NO2. The molecule has 0 amide bonds. The number of aliphatic hydroxyl groups excluding tert-OH is 1. The third kappa shape index (κ3) is 2.48. The molecule has 1 rings (SSSR count). The van der Waals surface area contributed by atoms with Crippen LogP contribution in [0.15, 0.2) is 18.2 Å². The molecule has 0 bridgehead atoms. The summed E-state index contributed by atoms with van der Waals surface area (Å²) in [6, 6.07) is 7.50. The highest BCUT2D eigenvalue weighted by atomic mass is 16.5. The topological polar surface area (TPSA) is 53.2 Å². The molecule has 0 aliphatic carbocycles. The normalized spacial score (nSPS) is 11.9. The van der Waals surface area contributed by atoms with Crippen LogP contribution in [-0.2, 0) is 6.61 Å². The van der Waals surface area contributed by atoms with E-state index in [2.05, 4.69) is 0 Å². The highest BCUT2D eigenvalue weighted by Gasteiger charge is 2.06. The fourth-order valence-electron chi connectivity index (χ4n) is 1.12. The first-order valence-electron chi connectivity index (χ1n) is 4.44. The number of hydrogen-bond acceptors (Lipinski definition) is 3. The van der Waals surface area contributed by atoms with Crippen molar-refractivity contribution in [3.63, 3.8) is 0 Å². The summed E-state index contributed by atoms with van der Waals surface area (Å²) in [4.78, 5) is 0. The summed E-state index contributed by atoms with van der Waals surface area (Å²) in [6.45, 7) is 3.53. The van der Waals surface area contributed by atoms with Crippen LogP contribution in [0.2, 0.25) is 0 Å². The van der Waals surface area contributed by atoms with Gasteiger partial charge >= 0.3 is 0 Å². The zero-order valence-electron chi connectivity index (χ0n) is 8.32. The Morgan fingerprint density at radius 3 is 2.86 bits per heavy atom. The highest BCUT2D eigenvalue weighted by molar-refractivity contribution is 5.37. The van der Waals surface area contributed by atoms with Crippen LogP contribution in [0.5, 0.6) is 5.75 Å². The molecule has 1 unspecified atom stereocenters. The zero-order valence-corrected chi connectivity index (χ0v) is 8.32. The molecule has 3 nitrogen and oxygen atoms in total. The van der Waals surface area contributed by atoms with Crippen molar-refractivity contribution in [2.75, 3.05) is 0 Å². The Hall–Kier alpha value is -1.53. The molecule has 1 N–H and O–H groups in total. The van der Waals surface area contributed by atoms with Gasteiger partial charge in [0.05, 0.1) is 6.61 Å². The van der Waals surface area contributed by atoms with Gasteiger partial charge in [-0.05, 0) is 25.5 Å². The van der Waals surface area contributed by atoms with Gasteiger partial charge in [-0.2, -0.15) is 5.26 Å². The van der Waals surface area contributed by atoms with Crippen molar-refractivity contribution in [1.29, 1.82) is 5.26 Å². The molecule has 1 atom stereocenters. The number of nitrogens with zero attached hydrogens (tertiary/aromatic N) is 1. The fourth-order valence-corrected chi connectivity index (χ4v) is 1.12. The predicted octanol–water partition coefficient (Wildman–Crippen LogP) is 1.78. The Morgan fingerprint density at radius 1 is 1.57 bits per heavy atom. The number of aryl methyl sites for hydroxylation is 1. The van der Waals surface area contributed by atoms with E-state index in [1.54, 1.807) is 13.0 Å². The maximum absolute atomic E-state index is 9.03. The third-order valence-electron chi connectivity index (χ3n) is 1.88. The minimum Gasteiger partial charge on any atom is -0.475 e. The first kappa shape index (κ1) is 10.6. The standard InChI is InChI=1S/C11H13NO2/c1-8-3-4-10(7-13)11(5-8)14-9(2)6-12/h3-5,9,13H,7H2,1-2H3. The van der Waals surface area contributed by atoms with Gasteiger partial charge in [-0.25, -0.2) is 0 Å². The Bertz CT molecular complexity index is 355. The number of hydrogen-bond donors (Lipinski definition) is 1. The second-order valence-electron chi connectivity index (χ2n) is 3.16. The number of rotatable bonds is 3. The van der Waals surface area contributed by atoms with Crippen molar-refractivity contribution in [1.82, 2.24) is 0 Å². The van der Waals surface area contributed by atoms with Gasteiger partial charge in [0.15, 0.2) is 6.10 Å². The van der Waals surface area contributed by atoms with E-state index in [1.165, 1.54) is 0 Å². The lowest BCUT2D eigenvalue weighted by atomic mass is 10.1. The van der Waals surface area contributed by atoms with Gasteiger partial charge in [0.25, 0.3) is 0 Å². The quantitative estimate of drug-likeness (QED) is 0.792. The van der Waals surface area contributed by atoms with Gasteiger partial charge in [-0.1, -0.05) is 12.1 Å². The zero-order chi connectivity index (χ0) is 10.6. The van der Waals surface area contributed by atoms with Crippen molar-refractivity contribution in [2.45, 2.75) is 26.6 Å². The summed E-state index contributed by atoms with van der Waals surface area (Å²) < 4.78 is 5.35. The Balaban J connectivity index is 2.94. The van der Waals surface area contributed by atoms with Gasteiger partial charge in [0.2, 0.25) is 0 Å². The fraction of sp³-hybridized carbons (Fsp3) is 0.364. The van der Waals surface area contributed by atoms with Crippen molar-refractivity contribution in [2.24, 2.45) is 0 Å². The summed E-state index contributed by atoms with van der Waals surface area (Å²) >= 11 is 0. The minimum absolute atomic E-state index is 0.0756. The van der Waals surface area contributed by atoms with Crippen molar-refractivity contribution in [3.05, 3.63) is 29.3 Å². The summed E-state index contributed by atoms with van der Waals surface area (Å²) in [6.07, 6.45) is -0.498. The lowest BCUT2D eigenvalue weighted by Gasteiger charge is -2.11. The van der Waals surface area contributed by atoms with E-state index in [1.807, 2.05) is 25.1 Å². The van der Waals surface area contributed by atoms with Gasteiger partial charge in [0, 0.05) is 5.56 Å². The Labute approximate surface area is 83.6 Å². The van der Waals surface area contributed by atoms with Crippen LogP contribution < -0.4 is 4.74 Å². The third-order valence-corrected chi connectivity index (χ3v) is 1.88. The summed E-state index contributed by atoms with van der Waals surface area (Å²) in [7, 11) is 0. The van der Waals surface area contributed by atoms with Crippen molar-refractivity contribution < 1.29 is 9.84 Å². The van der Waals surface area contributed by atoms with Crippen LogP contribution in [0.3, 0.4) is 0 Å². The second kappa shape index (κ2) is 4.64. The molecule has 0 spiro atoms. The van der Waals surface area contributed by atoms with Crippen LogP contribution in [-0.4, -0.2) is 11.2 Å². The molecule has 0 aromatic heterocycles. The Kier molecular flexibility index (Phi) is 3.49. The smallest absolute Gasteiger partial charge is 0.181 e. The molecule has 0 aliphatic heterocycles. The molecule has 1 aromatic rings. The van der Waals surface area contributed by atoms with E-state index in [-0.39, 0.29) is 6.61 Å². The molecular weight excluding hydrogens is 178 g/mol. The summed E-state index contributed by atoms with van der Waals surface area (Å²) in [5.41, 5.74) is 1.75. The first-order chi connectivity index (χ1) is 6.67. The van der Waals surface area contributed by atoms with Gasteiger partial charge in [0.1, 0.15) is 11.8 Å². The lowest BCUT2D eigenvalue weighted by molar-refractivity contribution is 0.247. The van der Waals surface area contributed by atoms with Crippen LogP contribution >= 0.6 is 0 Å². The summed E-state index contributed by atoms with van der Waals surface area (Å²) in [5, 5.41) is 17.6. The number of aliphatic hydroxyl groups is 1. The maximum Gasteiger partial charge on any atom is 0.181 e. The van der Waals surface area contributed by atoms with E-state index in [4.69, 9.17) is 15.1 Å². The van der Waals surface area contributed by atoms with E-state index < -0.39 is 6.10 Å². The van der Waals surface area contributed by atoms with Gasteiger partial charge in [-0.15, -0.1) is 0 Å². The Morgan fingerprint density at radius 2 is 2.29 bits per heavy atom. The van der Waals surface area contributed by atoms with Crippen molar-refractivity contribution in [3.8, 4) is 11.8 Å². The molecule has 0 saturated heterocycles. The predicted molar refractivity (Wildman–Crippen MR) is 52.8 cm³/mol. The van der Waals surface area contributed by atoms with Crippen LogP contribution in [0.25, 0.3) is 0 Å². The number of ether oxygens (including phenoxy) is 1. The minimum atomic E-state index is -0.498. The molecule has 74 valence electrons. The van der Waals surface area contributed by atoms with Crippen LogP contribution in [0.1, 0.15) is 18.1 Å². The highest BCUT2D eigenvalue weighted by Crippen LogP contribution is 2.21. The molecule has 3 heteroatoms. The molecule has 0 aliphatic rings.